The molecule has 0 spiro atoms. The molecule has 0 bridgehead atoms. The summed E-state index contributed by atoms with van der Waals surface area (Å²) in [6.07, 6.45) is 2.52. The lowest BCUT2D eigenvalue weighted by molar-refractivity contribution is -0.892. The number of hydrogen-bond acceptors (Lipinski definition) is 4. The van der Waals surface area contributed by atoms with Crippen LogP contribution in [0.1, 0.15) is 30.1 Å². The molecule has 2 N–H and O–H groups in total. The van der Waals surface area contributed by atoms with Crippen LogP contribution in [0.5, 0.6) is 0 Å². The summed E-state index contributed by atoms with van der Waals surface area (Å²) >= 11 is 0. The van der Waals surface area contributed by atoms with Crippen molar-refractivity contribution >= 4 is 28.8 Å². The maximum absolute atomic E-state index is 12.5. The zero-order valence-electron chi connectivity index (χ0n) is 17.7. The molecule has 0 saturated carbocycles. The average molecular weight is 408 g/mol. The lowest BCUT2D eigenvalue weighted by Crippen LogP contribution is -3.15. The molecule has 0 radical (unpaired) electrons. The van der Waals surface area contributed by atoms with Crippen molar-refractivity contribution in [2.75, 3.05) is 60.9 Å². The summed E-state index contributed by atoms with van der Waals surface area (Å²) in [5.74, 6) is 0.158. The van der Waals surface area contributed by atoms with E-state index in [2.05, 4.69) is 27.2 Å². The van der Waals surface area contributed by atoms with E-state index >= 15 is 0 Å². The Hall–Kier alpha value is -2.86. The number of Topliss-reactive ketones (excluding diaryl/α,β-unsaturated/α-hetero) is 1. The first-order valence-corrected chi connectivity index (χ1v) is 10.9. The van der Waals surface area contributed by atoms with Crippen LogP contribution in [-0.4, -0.2) is 57.5 Å². The Labute approximate surface area is 178 Å². The van der Waals surface area contributed by atoms with Crippen LogP contribution in [0, 0.1) is 0 Å². The molecule has 1 amide bonds. The maximum Gasteiger partial charge on any atom is 0.279 e. The molecule has 6 heteroatoms. The number of carbonyl (C=O) groups excluding carboxylic acids is 2. The molecular weight excluding hydrogens is 376 g/mol. The van der Waals surface area contributed by atoms with Crippen LogP contribution in [0.2, 0.25) is 0 Å². The Bertz CT molecular complexity index is 865. The van der Waals surface area contributed by atoms with E-state index in [9.17, 15) is 9.59 Å². The molecule has 6 nitrogen and oxygen atoms in total. The fourth-order valence-electron chi connectivity index (χ4n) is 4.33. The number of anilines is 3. The molecule has 2 aliphatic rings. The Morgan fingerprint density at radius 3 is 1.93 bits per heavy atom. The van der Waals surface area contributed by atoms with Gasteiger partial charge >= 0.3 is 0 Å². The van der Waals surface area contributed by atoms with Gasteiger partial charge in [-0.1, -0.05) is 0 Å². The van der Waals surface area contributed by atoms with Crippen molar-refractivity contribution in [3.8, 4) is 0 Å². The highest BCUT2D eigenvalue weighted by molar-refractivity contribution is 5.94. The quantitative estimate of drug-likeness (QED) is 0.718. The van der Waals surface area contributed by atoms with Gasteiger partial charge in [0, 0.05) is 35.7 Å². The molecule has 2 aliphatic heterocycles. The van der Waals surface area contributed by atoms with E-state index in [1.165, 1.54) is 23.4 Å². The predicted molar refractivity (Wildman–Crippen MR) is 121 cm³/mol. The van der Waals surface area contributed by atoms with Crippen LogP contribution in [-0.2, 0) is 4.79 Å². The third-order valence-electron chi connectivity index (χ3n) is 6.14. The second-order valence-corrected chi connectivity index (χ2v) is 8.31. The molecule has 158 valence electrons. The minimum absolute atomic E-state index is 0.0678. The number of nitrogens with one attached hydrogen (secondary N) is 2. The standard InChI is InChI=1S/C24H30N4O2/c1-19(29)20-4-8-22(9-5-20)28-16-14-26(15-17-28)18-24(30)25-21-6-10-23(11-7-21)27-12-2-3-13-27/h4-11H,2-3,12-18H2,1H3,(H,25,30)/p+1. The summed E-state index contributed by atoms with van der Waals surface area (Å²) in [6.45, 7) is 8.00. The van der Waals surface area contributed by atoms with Gasteiger partial charge in [0.05, 0.1) is 26.2 Å². The Morgan fingerprint density at radius 2 is 1.37 bits per heavy atom. The minimum Gasteiger partial charge on any atom is -0.372 e. The zero-order valence-corrected chi connectivity index (χ0v) is 17.7. The van der Waals surface area contributed by atoms with Gasteiger partial charge in [0.15, 0.2) is 12.3 Å². The normalized spacial score (nSPS) is 17.2. The highest BCUT2D eigenvalue weighted by Gasteiger charge is 2.22. The van der Waals surface area contributed by atoms with E-state index in [0.717, 1.165) is 56.2 Å². The number of carbonyl (C=O) groups is 2. The summed E-state index contributed by atoms with van der Waals surface area (Å²) in [6, 6.07) is 16.0. The first-order valence-electron chi connectivity index (χ1n) is 10.9. The number of hydrogen-bond donors (Lipinski definition) is 2. The molecule has 2 saturated heterocycles. The van der Waals surface area contributed by atoms with Gasteiger partial charge in [0.25, 0.3) is 5.91 Å². The zero-order chi connectivity index (χ0) is 20.9. The number of ketones is 1. The molecule has 2 aromatic carbocycles. The molecule has 0 unspecified atom stereocenters. The van der Waals surface area contributed by atoms with Gasteiger partial charge in [-0.3, -0.25) is 9.59 Å². The summed E-state index contributed by atoms with van der Waals surface area (Å²) in [7, 11) is 0. The summed E-state index contributed by atoms with van der Waals surface area (Å²) < 4.78 is 0. The second-order valence-electron chi connectivity index (χ2n) is 8.31. The van der Waals surface area contributed by atoms with E-state index < -0.39 is 0 Å². The van der Waals surface area contributed by atoms with Crippen molar-refractivity contribution in [3.05, 3.63) is 54.1 Å². The van der Waals surface area contributed by atoms with E-state index in [-0.39, 0.29) is 11.7 Å². The van der Waals surface area contributed by atoms with Gasteiger partial charge in [-0.25, -0.2) is 0 Å². The molecule has 0 aromatic heterocycles. The fraction of sp³-hybridized carbons (Fsp3) is 0.417. The number of quaternary nitrogens is 1. The fourth-order valence-corrected chi connectivity index (χ4v) is 4.33. The Kier molecular flexibility index (Phi) is 6.33. The highest BCUT2D eigenvalue weighted by atomic mass is 16.2. The molecule has 30 heavy (non-hydrogen) atoms. The maximum atomic E-state index is 12.5. The molecule has 4 rings (SSSR count). The van der Waals surface area contributed by atoms with Gasteiger partial charge in [-0.15, -0.1) is 0 Å². The van der Waals surface area contributed by atoms with Crippen LogP contribution in [0.25, 0.3) is 0 Å². The first kappa shape index (κ1) is 20.4. The highest BCUT2D eigenvalue weighted by Crippen LogP contribution is 2.22. The summed E-state index contributed by atoms with van der Waals surface area (Å²) in [4.78, 5) is 29.9. The largest absolute Gasteiger partial charge is 0.372 e. The van der Waals surface area contributed by atoms with Crippen LogP contribution in [0.4, 0.5) is 17.1 Å². The van der Waals surface area contributed by atoms with Crippen molar-refractivity contribution in [2.45, 2.75) is 19.8 Å². The van der Waals surface area contributed by atoms with Crippen molar-refractivity contribution in [1.82, 2.24) is 0 Å². The van der Waals surface area contributed by atoms with Crippen molar-refractivity contribution < 1.29 is 14.5 Å². The Balaban J connectivity index is 1.23. The first-order chi connectivity index (χ1) is 14.6. The Morgan fingerprint density at radius 1 is 0.833 bits per heavy atom. The van der Waals surface area contributed by atoms with Gasteiger partial charge in [-0.2, -0.15) is 0 Å². The lowest BCUT2D eigenvalue weighted by atomic mass is 10.1. The van der Waals surface area contributed by atoms with Crippen molar-refractivity contribution in [3.63, 3.8) is 0 Å². The summed E-state index contributed by atoms with van der Waals surface area (Å²) in [5.41, 5.74) is 3.99. The van der Waals surface area contributed by atoms with Crippen LogP contribution in [0.3, 0.4) is 0 Å². The number of piperazine rings is 1. The smallest absolute Gasteiger partial charge is 0.279 e. The topological polar surface area (TPSA) is 57.1 Å². The molecule has 2 aromatic rings. The van der Waals surface area contributed by atoms with Crippen molar-refractivity contribution in [2.24, 2.45) is 0 Å². The number of nitrogens with zero attached hydrogens (tertiary/aromatic N) is 2. The number of rotatable bonds is 6. The minimum atomic E-state index is 0.0678. The number of amides is 1. The van der Waals surface area contributed by atoms with Gasteiger partial charge in [-0.05, 0) is 68.3 Å². The van der Waals surface area contributed by atoms with E-state index in [1.54, 1.807) is 6.92 Å². The third-order valence-corrected chi connectivity index (χ3v) is 6.14. The van der Waals surface area contributed by atoms with Crippen LogP contribution in [0.15, 0.2) is 48.5 Å². The molecule has 0 atom stereocenters. The van der Waals surface area contributed by atoms with E-state index in [4.69, 9.17) is 0 Å². The van der Waals surface area contributed by atoms with Gasteiger partial charge < -0.3 is 20.0 Å². The molecule has 2 heterocycles. The van der Waals surface area contributed by atoms with Crippen LogP contribution < -0.4 is 20.0 Å². The van der Waals surface area contributed by atoms with Gasteiger partial charge in [0.1, 0.15) is 0 Å². The molecule has 0 aliphatic carbocycles. The molecular formula is C24H31N4O2+. The predicted octanol–water partition coefficient (Wildman–Crippen LogP) is 1.83. The van der Waals surface area contributed by atoms with E-state index in [0.29, 0.717) is 6.54 Å². The van der Waals surface area contributed by atoms with Crippen molar-refractivity contribution in [1.29, 1.82) is 0 Å². The van der Waals surface area contributed by atoms with E-state index in [1.807, 2.05) is 36.4 Å². The monoisotopic (exact) mass is 407 g/mol. The lowest BCUT2D eigenvalue weighted by Gasteiger charge is -2.33. The average Bonchev–Trinajstić information content (AvgIpc) is 3.30. The second kappa shape index (κ2) is 9.30. The third kappa shape index (κ3) is 5.00. The SMILES string of the molecule is CC(=O)c1ccc(N2CC[NH+](CC(=O)Nc3ccc(N4CCCC4)cc3)CC2)cc1. The summed E-state index contributed by atoms with van der Waals surface area (Å²) in [5, 5.41) is 3.04. The van der Waals surface area contributed by atoms with Crippen LogP contribution >= 0.6 is 0 Å². The number of benzene rings is 2. The van der Waals surface area contributed by atoms with Gasteiger partial charge in [0.2, 0.25) is 0 Å². The molecule has 2 fully saturated rings.